The molecule has 2 N–H and O–H groups in total. The summed E-state index contributed by atoms with van der Waals surface area (Å²) in [6.45, 7) is 5.53. The van der Waals surface area contributed by atoms with Gasteiger partial charge in [0.2, 0.25) is 0 Å². The minimum absolute atomic E-state index is 0.242. The number of thioether (sulfide) groups is 1. The summed E-state index contributed by atoms with van der Waals surface area (Å²) in [7, 11) is 0. The van der Waals surface area contributed by atoms with Gasteiger partial charge in [0.05, 0.1) is 0 Å². The second kappa shape index (κ2) is 5.78. The van der Waals surface area contributed by atoms with Crippen molar-refractivity contribution >= 4 is 17.4 Å². The maximum Gasteiger partial charge on any atom is 0.0369 e. The Kier molecular flexibility index (Phi) is 4.35. The van der Waals surface area contributed by atoms with Crippen molar-refractivity contribution in [3.63, 3.8) is 0 Å². The van der Waals surface area contributed by atoms with E-state index in [1.807, 2.05) is 0 Å². The van der Waals surface area contributed by atoms with Gasteiger partial charge in [-0.1, -0.05) is 12.1 Å². The molecule has 1 heterocycles. The summed E-state index contributed by atoms with van der Waals surface area (Å²) in [5.74, 6) is 2.48. The molecule has 3 heteroatoms. The van der Waals surface area contributed by atoms with E-state index in [9.17, 15) is 0 Å². The van der Waals surface area contributed by atoms with Crippen LogP contribution in [0, 0.1) is 0 Å². The standard InChI is InChI=1S/C14H22N2S/c1-11(15)9-13-3-5-14(6-4-13)16-7-8-17-10-12(16)2/h3-6,11-12H,7-10,15H2,1-2H3. The number of rotatable bonds is 3. The van der Waals surface area contributed by atoms with E-state index in [1.54, 1.807) is 0 Å². The second-order valence-electron chi connectivity index (χ2n) is 4.97. The molecular weight excluding hydrogens is 228 g/mol. The van der Waals surface area contributed by atoms with Crippen molar-refractivity contribution in [1.82, 2.24) is 0 Å². The highest BCUT2D eigenvalue weighted by molar-refractivity contribution is 7.99. The van der Waals surface area contributed by atoms with Crippen molar-refractivity contribution in [1.29, 1.82) is 0 Å². The molecule has 2 unspecified atom stereocenters. The molecule has 0 saturated carbocycles. The zero-order valence-electron chi connectivity index (χ0n) is 10.7. The summed E-state index contributed by atoms with van der Waals surface area (Å²) in [4.78, 5) is 2.51. The number of benzene rings is 1. The highest BCUT2D eigenvalue weighted by atomic mass is 32.2. The molecule has 1 saturated heterocycles. The quantitative estimate of drug-likeness (QED) is 0.894. The van der Waals surface area contributed by atoms with E-state index in [4.69, 9.17) is 5.73 Å². The van der Waals surface area contributed by atoms with Crippen LogP contribution in [0.3, 0.4) is 0 Å². The van der Waals surface area contributed by atoms with Crippen molar-refractivity contribution in [3.05, 3.63) is 29.8 Å². The maximum absolute atomic E-state index is 5.81. The van der Waals surface area contributed by atoms with E-state index in [2.05, 4.69) is 54.8 Å². The van der Waals surface area contributed by atoms with Crippen molar-refractivity contribution < 1.29 is 0 Å². The van der Waals surface area contributed by atoms with Crippen molar-refractivity contribution in [2.45, 2.75) is 32.4 Å². The Labute approximate surface area is 109 Å². The third-order valence-corrected chi connectivity index (χ3v) is 4.38. The lowest BCUT2D eigenvalue weighted by atomic mass is 10.1. The van der Waals surface area contributed by atoms with Gasteiger partial charge in [0.1, 0.15) is 0 Å². The van der Waals surface area contributed by atoms with Crippen LogP contribution in [0.25, 0.3) is 0 Å². The highest BCUT2D eigenvalue weighted by Crippen LogP contribution is 2.24. The molecule has 0 radical (unpaired) electrons. The molecule has 0 spiro atoms. The first-order valence-electron chi connectivity index (χ1n) is 6.35. The summed E-state index contributed by atoms with van der Waals surface area (Å²) in [5, 5.41) is 0. The lowest BCUT2D eigenvalue weighted by Crippen LogP contribution is -2.40. The molecule has 2 rings (SSSR count). The summed E-state index contributed by atoms with van der Waals surface area (Å²) in [6, 6.07) is 9.80. The van der Waals surface area contributed by atoms with Gasteiger partial charge in [0, 0.05) is 35.8 Å². The smallest absolute Gasteiger partial charge is 0.0369 e. The Bertz CT molecular complexity index is 348. The first-order chi connectivity index (χ1) is 8.16. The summed E-state index contributed by atoms with van der Waals surface area (Å²) in [6.07, 6.45) is 0.964. The van der Waals surface area contributed by atoms with Crippen LogP contribution in [0.2, 0.25) is 0 Å². The third kappa shape index (κ3) is 3.39. The Morgan fingerprint density at radius 1 is 1.41 bits per heavy atom. The fourth-order valence-electron chi connectivity index (χ4n) is 2.31. The predicted molar refractivity (Wildman–Crippen MR) is 77.9 cm³/mol. The van der Waals surface area contributed by atoms with E-state index in [0.717, 1.165) is 6.42 Å². The van der Waals surface area contributed by atoms with Gasteiger partial charge >= 0.3 is 0 Å². The van der Waals surface area contributed by atoms with Crippen molar-refractivity contribution in [2.75, 3.05) is 23.0 Å². The van der Waals surface area contributed by atoms with Crippen LogP contribution >= 0.6 is 11.8 Å². The van der Waals surface area contributed by atoms with Crippen molar-refractivity contribution in [2.24, 2.45) is 5.73 Å². The molecule has 0 aliphatic carbocycles. The lowest BCUT2D eigenvalue weighted by Gasteiger charge is -2.35. The SMILES string of the molecule is CC(N)Cc1ccc(N2CCSCC2C)cc1. The molecule has 0 bridgehead atoms. The van der Waals surface area contributed by atoms with Crippen LogP contribution in [0.4, 0.5) is 5.69 Å². The summed E-state index contributed by atoms with van der Waals surface area (Å²) < 4.78 is 0. The van der Waals surface area contributed by atoms with Gasteiger partial charge in [0.15, 0.2) is 0 Å². The van der Waals surface area contributed by atoms with E-state index in [0.29, 0.717) is 6.04 Å². The zero-order chi connectivity index (χ0) is 12.3. The van der Waals surface area contributed by atoms with Crippen LogP contribution in [0.5, 0.6) is 0 Å². The fourth-order valence-corrected chi connectivity index (χ4v) is 3.32. The fraction of sp³-hybridized carbons (Fsp3) is 0.571. The molecule has 17 heavy (non-hydrogen) atoms. The number of nitrogens with two attached hydrogens (primary N) is 1. The van der Waals surface area contributed by atoms with Crippen LogP contribution in [-0.4, -0.2) is 30.1 Å². The predicted octanol–water partition coefficient (Wildman–Crippen LogP) is 2.52. The Balaban J connectivity index is 2.06. The summed E-state index contributed by atoms with van der Waals surface area (Å²) >= 11 is 2.05. The molecule has 0 amide bonds. The summed E-state index contributed by atoms with van der Waals surface area (Å²) in [5.41, 5.74) is 8.50. The Morgan fingerprint density at radius 3 is 2.71 bits per heavy atom. The first kappa shape index (κ1) is 12.8. The number of hydrogen-bond acceptors (Lipinski definition) is 3. The molecule has 1 aliphatic rings. The molecule has 94 valence electrons. The largest absolute Gasteiger partial charge is 0.367 e. The molecule has 2 atom stereocenters. The molecule has 2 nitrogen and oxygen atoms in total. The van der Waals surface area contributed by atoms with Gasteiger partial charge in [0.25, 0.3) is 0 Å². The van der Waals surface area contributed by atoms with E-state index >= 15 is 0 Å². The average molecular weight is 250 g/mol. The molecular formula is C14H22N2S. The van der Waals surface area contributed by atoms with Gasteiger partial charge in [-0.2, -0.15) is 11.8 Å². The van der Waals surface area contributed by atoms with Crippen LogP contribution in [0.15, 0.2) is 24.3 Å². The topological polar surface area (TPSA) is 29.3 Å². The van der Waals surface area contributed by atoms with Crippen LogP contribution < -0.4 is 10.6 Å². The van der Waals surface area contributed by atoms with Gasteiger partial charge in [-0.25, -0.2) is 0 Å². The molecule has 1 fully saturated rings. The number of hydrogen-bond donors (Lipinski definition) is 1. The van der Waals surface area contributed by atoms with Crippen LogP contribution in [-0.2, 0) is 6.42 Å². The van der Waals surface area contributed by atoms with Gasteiger partial charge < -0.3 is 10.6 Å². The van der Waals surface area contributed by atoms with Gasteiger partial charge in [-0.15, -0.1) is 0 Å². The molecule has 1 aliphatic heterocycles. The Hall–Kier alpha value is -0.670. The van der Waals surface area contributed by atoms with Crippen molar-refractivity contribution in [3.8, 4) is 0 Å². The maximum atomic E-state index is 5.81. The molecule has 1 aromatic rings. The first-order valence-corrected chi connectivity index (χ1v) is 7.51. The number of anilines is 1. The number of nitrogens with zero attached hydrogens (tertiary/aromatic N) is 1. The third-order valence-electron chi connectivity index (χ3n) is 3.19. The second-order valence-corrected chi connectivity index (χ2v) is 6.12. The van der Waals surface area contributed by atoms with E-state index < -0.39 is 0 Å². The highest BCUT2D eigenvalue weighted by Gasteiger charge is 2.18. The normalized spacial score (nSPS) is 22.5. The van der Waals surface area contributed by atoms with Crippen LogP contribution in [0.1, 0.15) is 19.4 Å². The van der Waals surface area contributed by atoms with E-state index in [-0.39, 0.29) is 6.04 Å². The lowest BCUT2D eigenvalue weighted by molar-refractivity contribution is 0.699. The minimum Gasteiger partial charge on any atom is -0.367 e. The minimum atomic E-state index is 0.242. The molecule has 1 aromatic carbocycles. The molecule has 0 aromatic heterocycles. The van der Waals surface area contributed by atoms with Gasteiger partial charge in [-0.3, -0.25) is 0 Å². The van der Waals surface area contributed by atoms with Gasteiger partial charge in [-0.05, 0) is 38.0 Å². The average Bonchev–Trinajstić information content (AvgIpc) is 2.30. The monoisotopic (exact) mass is 250 g/mol. The Morgan fingerprint density at radius 2 is 2.12 bits per heavy atom. The van der Waals surface area contributed by atoms with E-state index in [1.165, 1.54) is 29.3 Å². The zero-order valence-corrected chi connectivity index (χ0v) is 11.5.